The molecule has 19 heavy (non-hydrogen) atoms. The lowest BCUT2D eigenvalue weighted by Gasteiger charge is -2.36. The summed E-state index contributed by atoms with van der Waals surface area (Å²) in [7, 11) is 0. The smallest absolute Gasteiger partial charge is 0.0208 e. The summed E-state index contributed by atoms with van der Waals surface area (Å²) in [6.07, 6.45) is 2.55. The van der Waals surface area contributed by atoms with E-state index in [2.05, 4.69) is 66.8 Å². The zero-order valence-electron chi connectivity index (χ0n) is 11.5. The van der Waals surface area contributed by atoms with Gasteiger partial charge in [-0.05, 0) is 36.8 Å². The zero-order valence-corrected chi connectivity index (χ0v) is 11.5. The van der Waals surface area contributed by atoms with Crippen LogP contribution in [0.2, 0.25) is 0 Å². The quantitative estimate of drug-likeness (QED) is 0.865. The Morgan fingerprint density at radius 2 is 1.63 bits per heavy atom. The molecule has 2 aromatic carbocycles. The zero-order chi connectivity index (χ0) is 13.1. The standard InChI is InChI=1S/C18H21N/c1-14-7-9-15(10-8-14)13-19-18-11-17(12-18)16-5-3-2-4-6-16/h2-10,17-19H,11-13H2,1H3. The number of rotatable bonds is 4. The van der Waals surface area contributed by atoms with Crippen molar-refractivity contribution in [2.45, 2.75) is 38.3 Å². The Morgan fingerprint density at radius 1 is 0.947 bits per heavy atom. The summed E-state index contributed by atoms with van der Waals surface area (Å²) in [5.74, 6) is 0.761. The highest BCUT2D eigenvalue weighted by molar-refractivity contribution is 5.24. The van der Waals surface area contributed by atoms with E-state index in [9.17, 15) is 0 Å². The van der Waals surface area contributed by atoms with Crippen LogP contribution in [0.25, 0.3) is 0 Å². The fourth-order valence-corrected chi connectivity index (χ4v) is 2.75. The summed E-state index contributed by atoms with van der Waals surface area (Å²) < 4.78 is 0. The molecule has 0 bridgehead atoms. The fraction of sp³-hybridized carbons (Fsp3) is 0.333. The summed E-state index contributed by atoms with van der Waals surface area (Å²) in [4.78, 5) is 0. The van der Waals surface area contributed by atoms with E-state index in [0.29, 0.717) is 6.04 Å². The van der Waals surface area contributed by atoms with Crippen LogP contribution in [0.5, 0.6) is 0 Å². The lowest BCUT2D eigenvalue weighted by molar-refractivity contribution is 0.289. The molecule has 1 N–H and O–H groups in total. The fourth-order valence-electron chi connectivity index (χ4n) is 2.75. The second-order valence-corrected chi connectivity index (χ2v) is 5.64. The van der Waals surface area contributed by atoms with Crippen LogP contribution in [0.15, 0.2) is 54.6 Å². The number of nitrogens with one attached hydrogen (secondary N) is 1. The van der Waals surface area contributed by atoms with Crippen LogP contribution in [0.1, 0.15) is 35.4 Å². The second kappa shape index (κ2) is 5.58. The molecule has 2 aromatic rings. The minimum atomic E-state index is 0.687. The summed E-state index contributed by atoms with van der Waals surface area (Å²) >= 11 is 0. The number of aryl methyl sites for hydroxylation is 1. The van der Waals surface area contributed by atoms with Gasteiger partial charge in [-0.2, -0.15) is 0 Å². The number of hydrogen-bond donors (Lipinski definition) is 1. The van der Waals surface area contributed by atoms with E-state index < -0.39 is 0 Å². The third-order valence-corrected chi connectivity index (χ3v) is 4.12. The van der Waals surface area contributed by atoms with Gasteiger partial charge in [-0.1, -0.05) is 60.2 Å². The van der Waals surface area contributed by atoms with Gasteiger partial charge in [0.2, 0.25) is 0 Å². The molecule has 3 rings (SSSR count). The molecule has 0 heterocycles. The van der Waals surface area contributed by atoms with Crippen molar-refractivity contribution in [3.63, 3.8) is 0 Å². The molecule has 1 fully saturated rings. The normalized spacial score (nSPS) is 21.9. The second-order valence-electron chi connectivity index (χ2n) is 5.64. The molecule has 0 saturated heterocycles. The summed E-state index contributed by atoms with van der Waals surface area (Å²) in [6, 6.07) is 20.4. The highest BCUT2D eigenvalue weighted by Crippen LogP contribution is 2.36. The maximum absolute atomic E-state index is 3.65. The molecule has 0 aromatic heterocycles. The van der Waals surface area contributed by atoms with E-state index >= 15 is 0 Å². The minimum Gasteiger partial charge on any atom is -0.310 e. The van der Waals surface area contributed by atoms with Crippen LogP contribution in [0.4, 0.5) is 0 Å². The number of hydrogen-bond acceptors (Lipinski definition) is 1. The van der Waals surface area contributed by atoms with E-state index in [1.54, 1.807) is 0 Å². The van der Waals surface area contributed by atoms with E-state index in [0.717, 1.165) is 12.5 Å². The van der Waals surface area contributed by atoms with Crippen LogP contribution in [0, 0.1) is 6.92 Å². The highest BCUT2D eigenvalue weighted by Gasteiger charge is 2.29. The van der Waals surface area contributed by atoms with E-state index in [4.69, 9.17) is 0 Å². The van der Waals surface area contributed by atoms with Crippen molar-refractivity contribution in [1.82, 2.24) is 5.32 Å². The van der Waals surface area contributed by atoms with Gasteiger partial charge in [-0.15, -0.1) is 0 Å². The largest absolute Gasteiger partial charge is 0.310 e. The molecule has 0 unspecified atom stereocenters. The van der Waals surface area contributed by atoms with Gasteiger partial charge < -0.3 is 5.32 Å². The van der Waals surface area contributed by atoms with E-state index in [1.165, 1.54) is 29.5 Å². The molecular weight excluding hydrogens is 230 g/mol. The third kappa shape index (κ3) is 3.05. The monoisotopic (exact) mass is 251 g/mol. The molecule has 98 valence electrons. The molecule has 1 aliphatic carbocycles. The van der Waals surface area contributed by atoms with Crippen molar-refractivity contribution < 1.29 is 0 Å². The van der Waals surface area contributed by atoms with Crippen LogP contribution < -0.4 is 5.32 Å². The first-order valence-electron chi connectivity index (χ1n) is 7.15. The van der Waals surface area contributed by atoms with Gasteiger partial charge in [0, 0.05) is 12.6 Å². The first-order valence-corrected chi connectivity index (χ1v) is 7.15. The van der Waals surface area contributed by atoms with Crippen LogP contribution in [-0.2, 0) is 6.54 Å². The lowest BCUT2D eigenvalue weighted by Crippen LogP contribution is -2.39. The van der Waals surface area contributed by atoms with Gasteiger partial charge in [0.15, 0.2) is 0 Å². The molecule has 1 aliphatic rings. The SMILES string of the molecule is Cc1ccc(CNC2CC(c3ccccc3)C2)cc1. The summed E-state index contributed by atoms with van der Waals surface area (Å²) in [5.41, 5.74) is 4.21. The molecule has 0 spiro atoms. The van der Waals surface area contributed by atoms with Crippen molar-refractivity contribution in [2.75, 3.05) is 0 Å². The molecule has 1 nitrogen and oxygen atoms in total. The summed E-state index contributed by atoms with van der Waals surface area (Å²) in [5, 5.41) is 3.65. The molecule has 0 atom stereocenters. The van der Waals surface area contributed by atoms with Crippen molar-refractivity contribution >= 4 is 0 Å². The van der Waals surface area contributed by atoms with Crippen molar-refractivity contribution in [1.29, 1.82) is 0 Å². The summed E-state index contributed by atoms with van der Waals surface area (Å²) in [6.45, 7) is 3.13. The average molecular weight is 251 g/mol. The molecule has 0 amide bonds. The van der Waals surface area contributed by atoms with Crippen molar-refractivity contribution in [3.8, 4) is 0 Å². The van der Waals surface area contributed by atoms with Crippen LogP contribution in [0.3, 0.4) is 0 Å². The lowest BCUT2D eigenvalue weighted by atomic mass is 9.76. The average Bonchev–Trinajstić information content (AvgIpc) is 2.40. The van der Waals surface area contributed by atoms with Gasteiger partial charge in [0.25, 0.3) is 0 Å². The Morgan fingerprint density at radius 3 is 2.32 bits per heavy atom. The molecule has 0 aliphatic heterocycles. The first kappa shape index (κ1) is 12.4. The van der Waals surface area contributed by atoms with Crippen molar-refractivity contribution in [2.24, 2.45) is 0 Å². The Balaban J connectivity index is 1.46. The first-order chi connectivity index (χ1) is 9.31. The molecule has 1 saturated carbocycles. The van der Waals surface area contributed by atoms with Crippen LogP contribution >= 0.6 is 0 Å². The van der Waals surface area contributed by atoms with Gasteiger partial charge in [-0.3, -0.25) is 0 Å². The molecule has 0 radical (unpaired) electrons. The maximum Gasteiger partial charge on any atom is 0.0208 e. The molecule has 1 heteroatoms. The Kier molecular flexibility index (Phi) is 3.65. The van der Waals surface area contributed by atoms with Gasteiger partial charge >= 0.3 is 0 Å². The predicted molar refractivity (Wildman–Crippen MR) is 80.2 cm³/mol. The van der Waals surface area contributed by atoms with E-state index in [1.807, 2.05) is 0 Å². The van der Waals surface area contributed by atoms with Gasteiger partial charge in [-0.25, -0.2) is 0 Å². The van der Waals surface area contributed by atoms with E-state index in [-0.39, 0.29) is 0 Å². The topological polar surface area (TPSA) is 12.0 Å². The maximum atomic E-state index is 3.65. The Bertz CT molecular complexity index is 509. The highest BCUT2D eigenvalue weighted by atomic mass is 14.9. The predicted octanol–water partition coefficient (Wildman–Crippen LogP) is 4.03. The van der Waals surface area contributed by atoms with Gasteiger partial charge in [0.1, 0.15) is 0 Å². The minimum absolute atomic E-state index is 0.687. The number of benzene rings is 2. The van der Waals surface area contributed by atoms with Crippen molar-refractivity contribution in [3.05, 3.63) is 71.3 Å². The Labute approximate surface area is 115 Å². The Hall–Kier alpha value is -1.60. The molecular formula is C18H21N. The van der Waals surface area contributed by atoms with Gasteiger partial charge in [0.05, 0.1) is 0 Å². The van der Waals surface area contributed by atoms with Crippen LogP contribution in [-0.4, -0.2) is 6.04 Å². The third-order valence-electron chi connectivity index (χ3n) is 4.12.